The van der Waals surface area contributed by atoms with Gasteiger partial charge >= 0.3 is 0 Å². The second kappa shape index (κ2) is 11.4. The largest absolute Gasteiger partial charge is 0.395 e. The second-order valence-electron chi connectivity index (χ2n) is 4.39. The van der Waals surface area contributed by atoms with Gasteiger partial charge in [0.05, 0.1) is 19.3 Å². The highest BCUT2D eigenvalue weighted by molar-refractivity contribution is 4.63. The fourth-order valence-corrected chi connectivity index (χ4v) is 1.74. The molecular formula is C13H29NO2. The average Bonchev–Trinajstić information content (AvgIpc) is 2.32. The molecule has 0 spiro atoms. The molecule has 2 N–H and O–H groups in total. The van der Waals surface area contributed by atoms with E-state index in [0.29, 0.717) is 12.5 Å². The van der Waals surface area contributed by atoms with Crippen molar-refractivity contribution in [2.45, 2.75) is 52.5 Å². The molecule has 2 atom stereocenters. The molecule has 0 radical (unpaired) electrons. The quantitative estimate of drug-likeness (QED) is 0.573. The van der Waals surface area contributed by atoms with E-state index in [1.54, 1.807) is 0 Å². The fraction of sp³-hybridized carbons (Fsp3) is 1.00. The molecule has 3 heteroatoms. The van der Waals surface area contributed by atoms with Crippen LogP contribution in [0.3, 0.4) is 0 Å². The highest BCUT2D eigenvalue weighted by atomic mass is 16.5. The smallest absolute Gasteiger partial charge is 0.0642 e. The molecule has 0 rings (SSSR count). The van der Waals surface area contributed by atoms with Crippen molar-refractivity contribution in [3.05, 3.63) is 0 Å². The monoisotopic (exact) mass is 231 g/mol. The number of aliphatic hydroxyl groups excluding tert-OH is 1. The van der Waals surface area contributed by atoms with Crippen LogP contribution in [0, 0.1) is 5.92 Å². The van der Waals surface area contributed by atoms with Crippen LogP contribution < -0.4 is 5.32 Å². The van der Waals surface area contributed by atoms with Crippen molar-refractivity contribution in [2.75, 3.05) is 26.4 Å². The minimum Gasteiger partial charge on any atom is -0.395 e. The van der Waals surface area contributed by atoms with E-state index in [9.17, 15) is 0 Å². The Bertz CT molecular complexity index is 142. The van der Waals surface area contributed by atoms with Crippen LogP contribution in [-0.2, 0) is 4.74 Å². The molecule has 0 amide bonds. The lowest BCUT2D eigenvalue weighted by atomic mass is 10.0. The summed E-state index contributed by atoms with van der Waals surface area (Å²) in [5.74, 6) is 0.681. The first-order chi connectivity index (χ1) is 7.78. The Labute approximate surface area is 101 Å². The van der Waals surface area contributed by atoms with Gasteiger partial charge in [-0.3, -0.25) is 0 Å². The van der Waals surface area contributed by atoms with Crippen molar-refractivity contribution >= 4 is 0 Å². The van der Waals surface area contributed by atoms with Crippen molar-refractivity contribution in [3.63, 3.8) is 0 Å². The number of unbranched alkanes of at least 4 members (excludes halogenated alkanes) is 1. The zero-order valence-corrected chi connectivity index (χ0v) is 11.2. The van der Waals surface area contributed by atoms with Crippen LogP contribution in [-0.4, -0.2) is 37.5 Å². The summed E-state index contributed by atoms with van der Waals surface area (Å²) < 4.78 is 5.67. The zero-order chi connectivity index (χ0) is 12.2. The highest BCUT2D eigenvalue weighted by Gasteiger charge is 2.09. The molecule has 0 aromatic carbocycles. The van der Waals surface area contributed by atoms with Crippen molar-refractivity contribution in [3.8, 4) is 0 Å². The van der Waals surface area contributed by atoms with E-state index in [1.807, 2.05) is 6.92 Å². The fourth-order valence-electron chi connectivity index (χ4n) is 1.74. The van der Waals surface area contributed by atoms with Crippen LogP contribution in [0.5, 0.6) is 0 Å². The Hall–Kier alpha value is -0.120. The SMILES string of the molecule is CCCCC(CC)COCC(CO)NCC. The molecule has 0 bridgehead atoms. The van der Waals surface area contributed by atoms with Crippen LogP contribution in [0.1, 0.15) is 46.5 Å². The lowest BCUT2D eigenvalue weighted by molar-refractivity contribution is 0.0621. The van der Waals surface area contributed by atoms with Crippen LogP contribution in [0.15, 0.2) is 0 Å². The number of aliphatic hydroxyl groups is 1. The van der Waals surface area contributed by atoms with Gasteiger partial charge in [-0.15, -0.1) is 0 Å². The summed E-state index contributed by atoms with van der Waals surface area (Å²) in [5.41, 5.74) is 0. The van der Waals surface area contributed by atoms with Gasteiger partial charge in [-0.05, 0) is 18.9 Å². The van der Waals surface area contributed by atoms with Crippen molar-refractivity contribution < 1.29 is 9.84 Å². The van der Waals surface area contributed by atoms with E-state index >= 15 is 0 Å². The summed E-state index contributed by atoms with van der Waals surface area (Å²) >= 11 is 0. The molecule has 0 heterocycles. The van der Waals surface area contributed by atoms with Gasteiger partial charge in [0, 0.05) is 6.61 Å². The van der Waals surface area contributed by atoms with Gasteiger partial charge in [0.1, 0.15) is 0 Å². The number of rotatable bonds is 11. The van der Waals surface area contributed by atoms with Gasteiger partial charge in [0.15, 0.2) is 0 Å². The predicted molar refractivity (Wildman–Crippen MR) is 68.7 cm³/mol. The van der Waals surface area contributed by atoms with Crippen LogP contribution in [0.2, 0.25) is 0 Å². The summed E-state index contributed by atoms with van der Waals surface area (Å²) in [6.45, 7) is 8.96. The normalized spacial score (nSPS) is 15.0. The van der Waals surface area contributed by atoms with Crippen LogP contribution in [0.4, 0.5) is 0 Å². The Morgan fingerprint density at radius 2 is 1.94 bits per heavy atom. The number of hydrogen-bond acceptors (Lipinski definition) is 3. The van der Waals surface area contributed by atoms with Crippen LogP contribution in [0.25, 0.3) is 0 Å². The molecule has 0 saturated carbocycles. The Morgan fingerprint density at radius 3 is 2.44 bits per heavy atom. The maximum atomic E-state index is 9.08. The van der Waals surface area contributed by atoms with Gasteiger partial charge < -0.3 is 15.2 Å². The lowest BCUT2D eigenvalue weighted by Crippen LogP contribution is -2.37. The third kappa shape index (κ3) is 8.08. The van der Waals surface area contributed by atoms with E-state index in [-0.39, 0.29) is 12.6 Å². The van der Waals surface area contributed by atoms with Gasteiger partial charge in [-0.2, -0.15) is 0 Å². The van der Waals surface area contributed by atoms with Crippen LogP contribution >= 0.6 is 0 Å². The third-order valence-electron chi connectivity index (χ3n) is 2.93. The molecule has 0 aromatic rings. The third-order valence-corrected chi connectivity index (χ3v) is 2.93. The number of likely N-dealkylation sites (N-methyl/N-ethyl adjacent to an activating group) is 1. The van der Waals surface area contributed by atoms with Crippen molar-refractivity contribution in [1.29, 1.82) is 0 Å². The van der Waals surface area contributed by atoms with E-state index < -0.39 is 0 Å². The standard InChI is InChI=1S/C13H29NO2/c1-4-7-8-12(5-2)10-16-11-13(9-15)14-6-3/h12-15H,4-11H2,1-3H3. The number of hydrogen-bond donors (Lipinski definition) is 2. The molecule has 0 aliphatic heterocycles. The second-order valence-corrected chi connectivity index (χ2v) is 4.39. The Morgan fingerprint density at radius 1 is 1.19 bits per heavy atom. The number of nitrogens with one attached hydrogen (secondary N) is 1. The highest BCUT2D eigenvalue weighted by Crippen LogP contribution is 2.12. The zero-order valence-electron chi connectivity index (χ0n) is 11.2. The van der Waals surface area contributed by atoms with Crippen molar-refractivity contribution in [1.82, 2.24) is 5.32 Å². The Kier molecular flexibility index (Phi) is 11.3. The molecular weight excluding hydrogens is 202 g/mol. The topological polar surface area (TPSA) is 41.5 Å². The molecule has 0 aromatic heterocycles. The minimum atomic E-state index is 0.0914. The minimum absolute atomic E-state index is 0.0914. The summed E-state index contributed by atoms with van der Waals surface area (Å²) in [6, 6.07) is 0.0914. The molecule has 16 heavy (non-hydrogen) atoms. The first kappa shape index (κ1) is 15.9. The summed E-state index contributed by atoms with van der Waals surface area (Å²) in [4.78, 5) is 0. The molecule has 0 fully saturated rings. The maximum Gasteiger partial charge on any atom is 0.0642 e. The molecule has 98 valence electrons. The molecule has 3 nitrogen and oxygen atoms in total. The molecule has 0 aliphatic rings. The van der Waals surface area contributed by atoms with E-state index in [0.717, 1.165) is 13.2 Å². The van der Waals surface area contributed by atoms with Gasteiger partial charge in [-0.1, -0.05) is 40.0 Å². The number of ether oxygens (including phenoxy) is 1. The van der Waals surface area contributed by atoms with Gasteiger partial charge in [0.2, 0.25) is 0 Å². The first-order valence-electron chi connectivity index (χ1n) is 6.70. The summed E-state index contributed by atoms with van der Waals surface area (Å²) in [5, 5.41) is 12.3. The van der Waals surface area contributed by atoms with E-state index in [4.69, 9.17) is 9.84 Å². The summed E-state index contributed by atoms with van der Waals surface area (Å²) in [6.07, 6.45) is 4.99. The van der Waals surface area contributed by atoms with Gasteiger partial charge in [-0.25, -0.2) is 0 Å². The lowest BCUT2D eigenvalue weighted by Gasteiger charge is -2.18. The summed E-state index contributed by atoms with van der Waals surface area (Å²) in [7, 11) is 0. The first-order valence-corrected chi connectivity index (χ1v) is 6.70. The van der Waals surface area contributed by atoms with Gasteiger partial charge in [0.25, 0.3) is 0 Å². The molecule has 2 unspecified atom stereocenters. The molecule has 0 aliphatic carbocycles. The average molecular weight is 231 g/mol. The van der Waals surface area contributed by atoms with E-state index in [1.165, 1.54) is 25.7 Å². The predicted octanol–water partition coefficient (Wildman–Crippen LogP) is 2.19. The van der Waals surface area contributed by atoms with Crippen molar-refractivity contribution in [2.24, 2.45) is 5.92 Å². The Balaban J connectivity index is 3.58. The van der Waals surface area contributed by atoms with E-state index in [2.05, 4.69) is 19.2 Å². The maximum absolute atomic E-state index is 9.08. The molecule has 0 saturated heterocycles.